The highest BCUT2D eigenvalue weighted by atomic mass is 16.4. The van der Waals surface area contributed by atoms with Gasteiger partial charge in [0.1, 0.15) is 6.54 Å². The number of benzene rings is 1. The predicted molar refractivity (Wildman–Crippen MR) is 79.7 cm³/mol. The van der Waals surface area contributed by atoms with Crippen LogP contribution in [0.1, 0.15) is 26.3 Å². The molecule has 1 aromatic carbocycles. The zero-order chi connectivity index (χ0) is 15.6. The van der Waals surface area contributed by atoms with E-state index in [1.807, 2.05) is 0 Å². The van der Waals surface area contributed by atoms with Crippen LogP contribution in [-0.2, 0) is 16.1 Å². The maximum Gasteiger partial charge on any atom is 0.351 e. The molecular formula is C15H26N2O4. The summed E-state index contributed by atoms with van der Waals surface area (Å²) in [5, 5.41) is 16.3. The van der Waals surface area contributed by atoms with E-state index >= 15 is 0 Å². The number of hydrogen-bond acceptors (Lipinski definition) is 4. The van der Waals surface area contributed by atoms with Crippen LogP contribution in [0.4, 0.5) is 0 Å². The molecule has 0 atom stereocenters. The smallest absolute Gasteiger partial charge is 0.351 e. The second kappa shape index (κ2) is 10.8. The summed E-state index contributed by atoms with van der Waals surface area (Å²) in [6.07, 6.45) is 0. The monoisotopic (exact) mass is 298 g/mol. The second-order valence-electron chi connectivity index (χ2n) is 4.53. The molecule has 0 aliphatic heterocycles. The van der Waals surface area contributed by atoms with Crippen LogP contribution in [-0.4, -0.2) is 41.2 Å². The van der Waals surface area contributed by atoms with E-state index in [1.54, 1.807) is 0 Å². The first-order chi connectivity index (χ1) is 9.40. The fourth-order valence-electron chi connectivity index (χ4n) is 1.98. The number of quaternary nitrogens is 1. The van der Waals surface area contributed by atoms with Crippen LogP contribution in [0.3, 0.4) is 0 Å². The van der Waals surface area contributed by atoms with Crippen molar-refractivity contribution in [2.24, 2.45) is 0 Å². The van der Waals surface area contributed by atoms with E-state index in [-0.39, 0.29) is 6.15 Å². The Morgan fingerprint density at radius 2 is 1.43 bits per heavy atom. The summed E-state index contributed by atoms with van der Waals surface area (Å²) in [5.41, 5.74) is 1.46. The Kier molecular flexibility index (Phi) is 11.0. The van der Waals surface area contributed by atoms with Crippen molar-refractivity contribution >= 4 is 11.9 Å². The van der Waals surface area contributed by atoms with Gasteiger partial charge < -0.3 is 25.6 Å². The Balaban J connectivity index is 0. The first-order valence-corrected chi connectivity index (χ1v) is 6.74. The van der Waals surface area contributed by atoms with Crippen LogP contribution < -0.4 is 11.3 Å². The zero-order valence-electron chi connectivity index (χ0n) is 13.0. The zero-order valence-corrected chi connectivity index (χ0v) is 13.0. The molecule has 1 aromatic rings. The maximum atomic E-state index is 9.04. The summed E-state index contributed by atoms with van der Waals surface area (Å²) < 4.78 is 1.20. The Labute approximate surface area is 126 Å². The van der Waals surface area contributed by atoms with Gasteiger partial charge in [-0.05, 0) is 20.8 Å². The molecule has 0 aromatic heterocycles. The lowest BCUT2D eigenvalue weighted by Crippen LogP contribution is -2.46. The molecule has 0 spiro atoms. The quantitative estimate of drug-likeness (QED) is 0.623. The van der Waals surface area contributed by atoms with Crippen LogP contribution in [0.15, 0.2) is 30.3 Å². The number of carboxylic acids is 2. The standard InChI is InChI=1S/C13H22N.C2H2O4.H3N/c1-4-14(5-2,6-3)12-13-10-8-7-9-11-13;3-1(4)2(5)6;/h7-11H,4-6,12H2,1-3H3;(H,3,4)(H,5,6);1H3/q+1;;/p-1. The largest absolute Gasteiger partial charge is 0.539 e. The fraction of sp³-hybridized carbons (Fsp3) is 0.467. The summed E-state index contributed by atoms with van der Waals surface area (Å²) in [6.45, 7) is 11.7. The molecule has 21 heavy (non-hydrogen) atoms. The molecule has 6 nitrogen and oxygen atoms in total. The lowest BCUT2D eigenvalue weighted by molar-refractivity contribution is -0.936. The number of hydrogen-bond donors (Lipinski definition) is 2. The van der Waals surface area contributed by atoms with Crippen molar-refractivity contribution in [3.8, 4) is 0 Å². The molecule has 0 amide bonds. The van der Waals surface area contributed by atoms with Gasteiger partial charge in [-0.3, -0.25) is 0 Å². The lowest BCUT2D eigenvalue weighted by atomic mass is 10.2. The van der Waals surface area contributed by atoms with Gasteiger partial charge in [0.2, 0.25) is 0 Å². The number of carbonyl (C=O) groups is 2. The predicted octanol–water partition coefficient (Wildman–Crippen LogP) is 1.05. The van der Waals surface area contributed by atoms with E-state index in [2.05, 4.69) is 51.1 Å². The Morgan fingerprint density at radius 1 is 1.05 bits per heavy atom. The molecule has 0 aliphatic carbocycles. The highest BCUT2D eigenvalue weighted by Crippen LogP contribution is 2.13. The molecule has 0 bridgehead atoms. The third-order valence-corrected chi connectivity index (χ3v) is 3.55. The van der Waals surface area contributed by atoms with Gasteiger partial charge in [0.25, 0.3) is 0 Å². The summed E-state index contributed by atoms with van der Waals surface area (Å²) >= 11 is 0. The Morgan fingerprint density at radius 3 is 1.71 bits per heavy atom. The normalized spacial score (nSPS) is 9.86. The SMILES string of the molecule is CC[N+](CC)(CC)Cc1ccccc1.N.O=C([O-])C(=O)O. The topological polar surface area (TPSA) is 112 Å². The van der Waals surface area contributed by atoms with Crippen molar-refractivity contribution in [1.29, 1.82) is 0 Å². The number of carboxylic acid groups (broad SMARTS) is 2. The van der Waals surface area contributed by atoms with Crippen molar-refractivity contribution in [1.82, 2.24) is 6.15 Å². The van der Waals surface area contributed by atoms with E-state index in [4.69, 9.17) is 19.8 Å². The van der Waals surface area contributed by atoms with E-state index < -0.39 is 11.9 Å². The highest BCUT2D eigenvalue weighted by molar-refractivity contribution is 6.26. The minimum absolute atomic E-state index is 0. The van der Waals surface area contributed by atoms with E-state index in [0.29, 0.717) is 0 Å². The van der Waals surface area contributed by atoms with Gasteiger partial charge in [-0.2, -0.15) is 0 Å². The first-order valence-electron chi connectivity index (χ1n) is 6.74. The molecule has 0 radical (unpaired) electrons. The average Bonchev–Trinajstić information content (AvgIpc) is 2.46. The highest BCUT2D eigenvalue weighted by Gasteiger charge is 2.20. The van der Waals surface area contributed by atoms with E-state index in [0.717, 1.165) is 0 Å². The number of aliphatic carboxylic acids is 2. The van der Waals surface area contributed by atoms with Crippen molar-refractivity contribution in [3.63, 3.8) is 0 Å². The Bertz CT molecular complexity index is 397. The average molecular weight is 298 g/mol. The van der Waals surface area contributed by atoms with Crippen LogP contribution in [0.2, 0.25) is 0 Å². The fourth-order valence-corrected chi connectivity index (χ4v) is 1.98. The summed E-state index contributed by atoms with van der Waals surface area (Å²) in [6, 6.07) is 10.8. The van der Waals surface area contributed by atoms with Crippen molar-refractivity contribution in [3.05, 3.63) is 35.9 Å². The van der Waals surface area contributed by atoms with Gasteiger partial charge in [0.05, 0.1) is 19.6 Å². The third-order valence-electron chi connectivity index (χ3n) is 3.55. The van der Waals surface area contributed by atoms with Crippen molar-refractivity contribution in [2.75, 3.05) is 19.6 Å². The van der Waals surface area contributed by atoms with E-state index in [9.17, 15) is 0 Å². The summed E-state index contributed by atoms with van der Waals surface area (Å²) in [7, 11) is 0. The first kappa shape index (κ1) is 21.4. The van der Waals surface area contributed by atoms with Gasteiger partial charge in [-0.15, -0.1) is 0 Å². The minimum atomic E-state index is -2.07. The van der Waals surface area contributed by atoms with Crippen LogP contribution in [0.5, 0.6) is 0 Å². The van der Waals surface area contributed by atoms with Crippen LogP contribution in [0, 0.1) is 0 Å². The maximum absolute atomic E-state index is 9.04. The van der Waals surface area contributed by atoms with E-state index in [1.165, 1.54) is 36.2 Å². The van der Waals surface area contributed by atoms with Crippen molar-refractivity contribution < 1.29 is 24.3 Å². The van der Waals surface area contributed by atoms with Crippen molar-refractivity contribution in [2.45, 2.75) is 27.3 Å². The second-order valence-corrected chi connectivity index (χ2v) is 4.53. The molecule has 0 aliphatic rings. The molecule has 0 saturated heterocycles. The van der Waals surface area contributed by atoms with Crippen LogP contribution in [0.25, 0.3) is 0 Å². The molecule has 1 rings (SSSR count). The molecule has 120 valence electrons. The third kappa shape index (κ3) is 8.06. The molecule has 0 fully saturated rings. The van der Waals surface area contributed by atoms with Gasteiger partial charge in [-0.25, -0.2) is 4.79 Å². The molecular weight excluding hydrogens is 272 g/mol. The van der Waals surface area contributed by atoms with Gasteiger partial charge >= 0.3 is 5.97 Å². The molecule has 0 heterocycles. The van der Waals surface area contributed by atoms with Gasteiger partial charge in [0, 0.05) is 5.56 Å². The molecule has 0 unspecified atom stereocenters. The lowest BCUT2D eigenvalue weighted by Gasteiger charge is -2.35. The minimum Gasteiger partial charge on any atom is -0.539 e. The number of rotatable bonds is 5. The molecule has 6 heteroatoms. The van der Waals surface area contributed by atoms with Crippen LogP contribution >= 0.6 is 0 Å². The number of carbonyl (C=O) groups excluding carboxylic acids is 1. The summed E-state index contributed by atoms with van der Waals surface area (Å²) in [4.78, 5) is 18.0. The number of nitrogens with zero attached hydrogens (tertiary/aromatic N) is 1. The van der Waals surface area contributed by atoms with Gasteiger partial charge in [0.15, 0.2) is 5.97 Å². The summed E-state index contributed by atoms with van der Waals surface area (Å²) in [5.74, 6) is -4.01. The Hall–Kier alpha value is -1.92. The molecule has 0 saturated carbocycles. The van der Waals surface area contributed by atoms with Gasteiger partial charge in [-0.1, -0.05) is 30.3 Å². The molecule has 4 N–H and O–H groups in total.